The van der Waals surface area contributed by atoms with Crippen LogP contribution in [0.25, 0.3) is 10.2 Å². The average Bonchev–Trinajstić information content (AvgIpc) is 3.12. The van der Waals surface area contributed by atoms with Crippen molar-refractivity contribution in [3.63, 3.8) is 0 Å². The molecule has 0 spiro atoms. The third-order valence-electron chi connectivity index (χ3n) is 3.81. The van der Waals surface area contributed by atoms with E-state index in [1.807, 2.05) is 61.0 Å². The summed E-state index contributed by atoms with van der Waals surface area (Å²) in [5.41, 5.74) is 3.10. The molecule has 0 aliphatic heterocycles. The molecule has 4 rings (SSSR count). The molecule has 0 radical (unpaired) electrons. The maximum absolute atomic E-state index is 5.82. The lowest BCUT2D eigenvalue weighted by atomic mass is 10.2. The third kappa shape index (κ3) is 3.44. The summed E-state index contributed by atoms with van der Waals surface area (Å²) in [4.78, 5) is 13.0. The van der Waals surface area contributed by atoms with E-state index < -0.39 is 0 Å². The van der Waals surface area contributed by atoms with Crippen molar-refractivity contribution in [1.29, 1.82) is 0 Å². The molecule has 0 atom stereocenters. The Bertz CT molecular complexity index is 998. The van der Waals surface area contributed by atoms with Crippen molar-refractivity contribution < 1.29 is 4.74 Å². The number of aromatic nitrogens is 3. The number of hydrogen-bond acceptors (Lipinski definition) is 6. The first-order valence-corrected chi connectivity index (χ1v) is 8.78. The van der Waals surface area contributed by atoms with Crippen molar-refractivity contribution >= 4 is 27.4 Å². The number of nitrogens with zero attached hydrogens (tertiary/aromatic N) is 3. The summed E-state index contributed by atoms with van der Waals surface area (Å²) >= 11 is 1.63. The number of hydrogen-bond donors (Lipinski definition) is 1. The molecule has 0 saturated carbocycles. The van der Waals surface area contributed by atoms with E-state index >= 15 is 0 Å². The molecule has 5 nitrogen and oxygen atoms in total. The lowest BCUT2D eigenvalue weighted by molar-refractivity contribution is 0.459. The number of anilines is 1. The van der Waals surface area contributed by atoms with E-state index in [1.165, 1.54) is 0 Å². The fraction of sp³-hybridized carbons (Fsp3) is 0.105. The van der Waals surface area contributed by atoms with Crippen LogP contribution in [-0.4, -0.2) is 15.0 Å². The van der Waals surface area contributed by atoms with Gasteiger partial charge < -0.3 is 10.1 Å². The molecular formula is C19H16N4OS. The van der Waals surface area contributed by atoms with Gasteiger partial charge in [0.15, 0.2) is 0 Å². The smallest absolute Gasteiger partial charge is 0.219 e. The molecule has 3 aromatic heterocycles. The van der Waals surface area contributed by atoms with Crippen LogP contribution in [0.1, 0.15) is 11.1 Å². The number of pyridine rings is 1. The summed E-state index contributed by atoms with van der Waals surface area (Å²) in [6.07, 6.45) is 3.39. The summed E-state index contributed by atoms with van der Waals surface area (Å²) in [6.45, 7) is 2.66. The zero-order valence-electron chi connectivity index (χ0n) is 13.6. The van der Waals surface area contributed by atoms with Crippen LogP contribution in [0.3, 0.4) is 0 Å². The lowest BCUT2D eigenvalue weighted by Crippen LogP contribution is -2.02. The van der Waals surface area contributed by atoms with E-state index in [9.17, 15) is 0 Å². The zero-order valence-corrected chi connectivity index (χ0v) is 14.5. The molecule has 0 bridgehead atoms. The third-order valence-corrected chi connectivity index (χ3v) is 4.72. The molecule has 0 aliphatic rings. The second kappa shape index (κ2) is 6.86. The Labute approximate surface area is 149 Å². The molecule has 0 fully saturated rings. The summed E-state index contributed by atoms with van der Waals surface area (Å²) in [5.74, 6) is 2.25. The highest BCUT2D eigenvalue weighted by Crippen LogP contribution is 2.26. The van der Waals surface area contributed by atoms with Crippen LogP contribution in [0.2, 0.25) is 0 Å². The highest BCUT2D eigenvalue weighted by Gasteiger charge is 2.05. The highest BCUT2D eigenvalue weighted by atomic mass is 32.1. The second-order valence-corrected chi connectivity index (χ2v) is 6.50. The Morgan fingerprint density at radius 1 is 1.04 bits per heavy atom. The maximum Gasteiger partial charge on any atom is 0.219 e. The number of para-hydroxylation sites is 1. The molecule has 0 amide bonds. The normalized spacial score (nSPS) is 10.8. The molecule has 0 unspecified atom stereocenters. The summed E-state index contributed by atoms with van der Waals surface area (Å²) < 4.78 is 6.89. The molecular weight excluding hydrogens is 332 g/mol. The summed E-state index contributed by atoms with van der Waals surface area (Å²) in [6, 6.07) is 13.8. The van der Waals surface area contributed by atoms with Crippen LogP contribution < -0.4 is 10.1 Å². The van der Waals surface area contributed by atoms with Crippen LogP contribution in [0.4, 0.5) is 5.82 Å². The Hall–Kier alpha value is -2.99. The van der Waals surface area contributed by atoms with Gasteiger partial charge in [-0.1, -0.05) is 24.3 Å². The molecule has 124 valence electrons. The minimum absolute atomic E-state index is 0.584. The van der Waals surface area contributed by atoms with Gasteiger partial charge in [0.25, 0.3) is 0 Å². The van der Waals surface area contributed by atoms with Gasteiger partial charge in [0, 0.05) is 18.8 Å². The topological polar surface area (TPSA) is 59.9 Å². The monoisotopic (exact) mass is 348 g/mol. The lowest BCUT2D eigenvalue weighted by Gasteiger charge is -2.09. The molecule has 4 aromatic rings. The number of ether oxygens (including phenoxy) is 1. The molecule has 3 heterocycles. The minimum Gasteiger partial charge on any atom is -0.439 e. The van der Waals surface area contributed by atoms with E-state index in [0.717, 1.165) is 32.9 Å². The SMILES string of the molecule is Cc1ccccc1Oc1ccc(CNc2ncnc3ccsc23)cn1. The number of thiophene rings is 1. The van der Waals surface area contributed by atoms with Crippen LogP contribution in [0, 0.1) is 6.92 Å². The van der Waals surface area contributed by atoms with Crippen molar-refractivity contribution in [2.24, 2.45) is 0 Å². The predicted octanol–water partition coefficient (Wildman–Crippen LogP) is 4.80. The Kier molecular flexibility index (Phi) is 4.26. The van der Waals surface area contributed by atoms with Crippen LogP contribution >= 0.6 is 11.3 Å². The van der Waals surface area contributed by atoms with Crippen molar-refractivity contribution in [2.75, 3.05) is 5.32 Å². The summed E-state index contributed by atoms with van der Waals surface area (Å²) in [7, 11) is 0. The number of rotatable bonds is 5. The van der Waals surface area contributed by atoms with Gasteiger partial charge in [-0.05, 0) is 35.6 Å². The van der Waals surface area contributed by atoms with Crippen LogP contribution in [0.5, 0.6) is 11.6 Å². The molecule has 25 heavy (non-hydrogen) atoms. The van der Waals surface area contributed by atoms with Gasteiger partial charge in [-0.2, -0.15) is 0 Å². The number of aryl methyl sites for hydroxylation is 1. The van der Waals surface area contributed by atoms with Gasteiger partial charge >= 0.3 is 0 Å². The van der Waals surface area contributed by atoms with Crippen molar-refractivity contribution in [3.8, 4) is 11.6 Å². The van der Waals surface area contributed by atoms with E-state index in [1.54, 1.807) is 17.7 Å². The quantitative estimate of drug-likeness (QED) is 0.561. The Balaban J connectivity index is 1.44. The average molecular weight is 348 g/mol. The largest absolute Gasteiger partial charge is 0.439 e. The highest BCUT2D eigenvalue weighted by molar-refractivity contribution is 7.17. The van der Waals surface area contributed by atoms with E-state index in [-0.39, 0.29) is 0 Å². The van der Waals surface area contributed by atoms with E-state index in [2.05, 4.69) is 20.3 Å². The van der Waals surface area contributed by atoms with Crippen molar-refractivity contribution in [2.45, 2.75) is 13.5 Å². The number of benzene rings is 1. The van der Waals surface area contributed by atoms with Crippen LogP contribution in [-0.2, 0) is 6.54 Å². The maximum atomic E-state index is 5.82. The van der Waals surface area contributed by atoms with Gasteiger partial charge in [0.1, 0.15) is 17.9 Å². The molecule has 6 heteroatoms. The number of nitrogens with one attached hydrogen (secondary N) is 1. The van der Waals surface area contributed by atoms with Gasteiger partial charge in [-0.25, -0.2) is 15.0 Å². The fourth-order valence-electron chi connectivity index (χ4n) is 2.46. The zero-order chi connectivity index (χ0) is 17.1. The second-order valence-electron chi connectivity index (χ2n) is 5.58. The Morgan fingerprint density at radius 3 is 2.80 bits per heavy atom. The van der Waals surface area contributed by atoms with Crippen molar-refractivity contribution in [3.05, 3.63) is 71.5 Å². The van der Waals surface area contributed by atoms with E-state index in [0.29, 0.717) is 12.4 Å². The van der Waals surface area contributed by atoms with Gasteiger partial charge in [0.05, 0.1) is 10.2 Å². The van der Waals surface area contributed by atoms with Gasteiger partial charge in [-0.3, -0.25) is 0 Å². The van der Waals surface area contributed by atoms with Gasteiger partial charge in [0.2, 0.25) is 5.88 Å². The first-order valence-electron chi connectivity index (χ1n) is 7.90. The summed E-state index contributed by atoms with van der Waals surface area (Å²) in [5, 5.41) is 5.36. The molecule has 0 saturated heterocycles. The molecule has 1 aromatic carbocycles. The first kappa shape index (κ1) is 15.5. The molecule has 0 aliphatic carbocycles. The number of fused-ring (bicyclic) bond motifs is 1. The standard InChI is InChI=1S/C19H16N4OS/c1-13-4-2-3-5-16(13)24-17-7-6-14(10-20-17)11-21-19-18-15(8-9-25-18)22-12-23-19/h2-10,12H,11H2,1H3,(H,21,22,23). The van der Waals surface area contributed by atoms with Gasteiger partial charge in [-0.15, -0.1) is 11.3 Å². The minimum atomic E-state index is 0.584. The molecule has 1 N–H and O–H groups in total. The predicted molar refractivity (Wildman–Crippen MR) is 100 cm³/mol. The fourth-order valence-corrected chi connectivity index (χ4v) is 3.27. The van der Waals surface area contributed by atoms with E-state index in [4.69, 9.17) is 4.74 Å². The van der Waals surface area contributed by atoms with Crippen molar-refractivity contribution in [1.82, 2.24) is 15.0 Å². The van der Waals surface area contributed by atoms with Crippen LogP contribution in [0.15, 0.2) is 60.4 Å². The first-order chi connectivity index (χ1) is 12.3. The Morgan fingerprint density at radius 2 is 1.96 bits per heavy atom.